The van der Waals surface area contributed by atoms with Crippen molar-refractivity contribution in [3.8, 4) is 0 Å². The van der Waals surface area contributed by atoms with Gasteiger partial charge in [0.05, 0.1) is 0 Å². The first-order chi connectivity index (χ1) is 9.87. The maximum absolute atomic E-state index is 6.23. The summed E-state index contributed by atoms with van der Waals surface area (Å²) in [7, 11) is 0. The second kappa shape index (κ2) is 5.27. The van der Waals surface area contributed by atoms with Crippen molar-refractivity contribution in [3.63, 3.8) is 0 Å². The number of hydrogen-bond acceptors (Lipinski definition) is 4. The van der Waals surface area contributed by atoms with Gasteiger partial charge in [-0.15, -0.1) is 0 Å². The Kier molecular flexibility index (Phi) is 3.44. The molecular formula is C15H19GeNO3. The van der Waals surface area contributed by atoms with Crippen LogP contribution in [-0.4, -0.2) is 58.6 Å². The third-order valence-corrected chi connectivity index (χ3v) is 10.8. The Morgan fingerprint density at radius 3 is 2.30 bits per heavy atom. The van der Waals surface area contributed by atoms with Crippen molar-refractivity contribution >= 4 is 20.4 Å². The molecule has 1 aliphatic carbocycles. The number of allylic oxidation sites excluding steroid dienone is 1. The first-order valence-electron chi connectivity index (χ1n) is 7.29. The fraction of sp³-hybridized carbons (Fsp3) is 0.467. The molecule has 5 heteroatoms. The molecule has 1 aromatic carbocycles. The molecule has 0 spiro atoms. The van der Waals surface area contributed by atoms with Gasteiger partial charge in [-0.05, 0) is 0 Å². The van der Waals surface area contributed by atoms with Crippen molar-refractivity contribution in [2.24, 2.45) is 0 Å². The van der Waals surface area contributed by atoms with Gasteiger partial charge < -0.3 is 0 Å². The zero-order valence-corrected chi connectivity index (χ0v) is 13.6. The zero-order valence-electron chi connectivity index (χ0n) is 11.5. The number of fused-ring (bicyclic) bond motifs is 7. The van der Waals surface area contributed by atoms with Crippen LogP contribution in [0.2, 0.25) is 0 Å². The molecule has 0 amide bonds. The summed E-state index contributed by atoms with van der Waals surface area (Å²) in [6, 6.07) is 8.50. The van der Waals surface area contributed by atoms with Gasteiger partial charge in [-0.25, -0.2) is 0 Å². The molecule has 0 radical (unpaired) electrons. The standard InChI is InChI=1S/C15H19GeNO3/c1-2-4-14-13(3-1)5-6-15(14)16-18-10-7-17(8-11-19-16)9-12-20-16/h1-6,15H,7-12H2. The first-order valence-corrected chi connectivity index (χ1v) is 11.1. The minimum absolute atomic E-state index is 0.204. The van der Waals surface area contributed by atoms with E-state index in [9.17, 15) is 0 Å². The Balaban J connectivity index is 1.70. The third-order valence-electron chi connectivity index (χ3n) is 4.31. The van der Waals surface area contributed by atoms with Gasteiger partial charge in [0.25, 0.3) is 0 Å². The van der Waals surface area contributed by atoms with Crippen molar-refractivity contribution in [2.45, 2.75) is 4.75 Å². The molecule has 5 rings (SSSR count). The molecule has 4 aliphatic rings. The first kappa shape index (κ1) is 13.0. The molecule has 2 bridgehead atoms. The topological polar surface area (TPSA) is 30.9 Å². The molecule has 3 heterocycles. The van der Waals surface area contributed by atoms with Crippen LogP contribution in [0.1, 0.15) is 15.9 Å². The molecule has 4 nitrogen and oxygen atoms in total. The predicted molar refractivity (Wildman–Crippen MR) is 78.3 cm³/mol. The van der Waals surface area contributed by atoms with Crippen molar-refractivity contribution in [1.82, 2.24) is 4.90 Å². The van der Waals surface area contributed by atoms with Gasteiger partial charge in [0, 0.05) is 0 Å². The van der Waals surface area contributed by atoms with E-state index in [0.29, 0.717) is 0 Å². The van der Waals surface area contributed by atoms with Crippen molar-refractivity contribution in [2.75, 3.05) is 39.5 Å². The quantitative estimate of drug-likeness (QED) is 0.731. The molecule has 3 aliphatic heterocycles. The molecular weight excluding hydrogens is 315 g/mol. The van der Waals surface area contributed by atoms with E-state index in [1.807, 2.05) is 0 Å². The van der Waals surface area contributed by atoms with Gasteiger partial charge in [-0.1, -0.05) is 0 Å². The molecule has 1 atom stereocenters. The number of nitrogens with zero attached hydrogens (tertiary/aromatic N) is 1. The molecule has 0 aromatic heterocycles. The summed E-state index contributed by atoms with van der Waals surface area (Å²) in [6.45, 7) is 5.18. The molecule has 3 saturated heterocycles. The van der Waals surface area contributed by atoms with Crippen LogP contribution in [0, 0.1) is 0 Å². The molecule has 3 fully saturated rings. The van der Waals surface area contributed by atoms with Crippen molar-refractivity contribution in [3.05, 3.63) is 41.5 Å². The fourth-order valence-electron chi connectivity index (χ4n) is 3.24. The van der Waals surface area contributed by atoms with E-state index in [0.717, 1.165) is 39.5 Å². The van der Waals surface area contributed by atoms with E-state index in [-0.39, 0.29) is 4.75 Å². The number of benzene rings is 1. The van der Waals surface area contributed by atoms with Crippen LogP contribution in [0.25, 0.3) is 6.08 Å². The molecule has 0 saturated carbocycles. The molecule has 20 heavy (non-hydrogen) atoms. The third kappa shape index (κ3) is 2.16. The van der Waals surface area contributed by atoms with Crippen LogP contribution in [0.5, 0.6) is 0 Å². The Bertz CT molecular complexity index is 507. The predicted octanol–water partition coefficient (Wildman–Crippen LogP) is 1.65. The van der Waals surface area contributed by atoms with E-state index < -0.39 is 14.3 Å². The second-order valence-corrected chi connectivity index (χ2v) is 11.1. The summed E-state index contributed by atoms with van der Waals surface area (Å²) in [4.78, 5) is 2.35. The average Bonchev–Trinajstić information content (AvgIpc) is 2.82. The molecule has 1 aromatic rings. The normalized spacial score (nSPS) is 36.2. The van der Waals surface area contributed by atoms with Crippen LogP contribution >= 0.6 is 0 Å². The van der Waals surface area contributed by atoms with E-state index >= 15 is 0 Å². The van der Waals surface area contributed by atoms with Crippen LogP contribution in [-0.2, 0) is 11.3 Å². The van der Waals surface area contributed by atoms with Gasteiger partial charge in [-0.3, -0.25) is 0 Å². The van der Waals surface area contributed by atoms with E-state index in [1.165, 1.54) is 11.1 Å². The van der Waals surface area contributed by atoms with Crippen molar-refractivity contribution in [1.29, 1.82) is 0 Å². The number of hydrogen-bond donors (Lipinski definition) is 0. The maximum atomic E-state index is 6.23. The van der Waals surface area contributed by atoms with Gasteiger partial charge in [0.1, 0.15) is 0 Å². The fourth-order valence-corrected chi connectivity index (χ4v) is 9.31. The van der Waals surface area contributed by atoms with Crippen molar-refractivity contribution < 1.29 is 11.3 Å². The molecule has 106 valence electrons. The second-order valence-electron chi connectivity index (χ2n) is 5.46. The average molecular weight is 334 g/mol. The van der Waals surface area contributed by atoms with Crippen LogP contribution < -0.4 is 0 Å². The van der Waals surface area contributed by atoms with Crippen LogP contribution in [0.4, 0.5) is 0 Å². The molecule has 1 unspecified atom stereocenters. The van der Waals surface area contributed by atoms with Crippen LogP contribution in [0.3, 0.4) is 0 Å². The minimum atomic E-state index is -3.26. The molecule has 0 N–H and O–H groups in total. The van der Waals surface area contributed by atoms with Gasteiger partial charge >= 0.3 is 122 Å². The summed E-state index contributed by atoms with van der Waals surface area (Å²) < 4.78 is 18.9. The monoisotopic (exact) mass is 335 g/mol. The zero-order chi connectivity index (χ0) is 13.4. The SMILES string of the molecule is C1=C[CH]([Ge]23[O]CCN(CC[O]2)CC[O]3)c2ccccc21. The summed E-state index contributed by atoms with van der Waals surface area (Å²) in [6.07, 6.45) is 4.41. The Morgan fingerprint density at radius 2 is 1.60 bits per heavy atom. The summed E-state index contributed by atoms with van der Waals surface area (Å²) in [5.74, 6) is 0. The summed E-state index contributed by atoms with van der Waals surface area (Å²) in [5.41, 5.74) is 2.59. The Hall–Kier alpha value is -0.657. The summed E-state index contributed by atoms with van der Waals surface area (Å²) >= 11 is -3.26. The number of rotatable bonds is 1. The summed E-state index contributed by atoms with van der Waals surface area (Å²) in [5, 5.41) is 0. The van der Waals surface area contributed by atoms with Gasteiger partial charge in [-0.2, -0.15) is 0 Å². The van der Waals surface area contributed by atoms with Gasteiger partial charge in [0.2, 0.25) is 0 Å². The van der Waals surface area contributed by atoms with E-state index in [1.54, 1.807) is 0 Å². The van der Waals surface area contributed by atoms with E-state index in [2.05, 4.69) is 41.3 Å². The van der Waals surface area contributed by atoms with Gasteiger partial charge in [0.15, 0.2) is 0 Å². The Labute approximate surface area is 122 Å². The van der Waals surface area contributed by atoms with E-state index in [4.69, 9.17) is 11.3 Å². The Morgan fingerprint density at radius 1 is 0.950 bits per heavy atom. The van der Waals surface area contributed by atoms with Crippen LogP contribution in [0.15, 0.2) is 30.3 Å².